The minimum Gasteiger partial charge on any atom is -0.444 e. The number of halogens is 1. The van der Waals surface area contributed by atoms with Gasteiger partial charge >= 0.3 is 6.09 Å². The molecule has 0 saturated heterocycles. The first kappa shape index (κ1) is 17.0. The highest BCUT2D eigenvalue weighted by molar-refractivity contribution is 9.10. The third-order valence-electron chi connectivity index (χ3n) is 2.38. The molecule has 0 fully saturated rings. The van der Waals surface area contributed by atoms with Crippen molar-refractivity contribution in [2.24, 2.45) is 0 Å². The van der Waals surface area contributed by atoms with E-state index in [-0.39, 0.29) is 6.61 Å². The predicted octanol–water partition coefficient (Wildman–Crippen LogP) is 2.44. The van der Waals surface area contributed by atoms with Crippen LogP contribution in [0.3, 0.4) is 0 Å². The molecule has 20 heavy (non-hydrogen) atoms. The molecule has 0 aliphatic carbocycles. The molecule has 0 saturated carbocycles. The topological polar surface area (TPSA) is 76.4 Å². The highest BCUT2D eigenvalue weighted by atomic mass is 79.9. The monoisotopic (exact) mass is 347 g/mol. The van der Waals surface area contributed by atoms with Gasteiger partial charge in [0.25, 0.3) is 0 Å². The van der Waals surface area contributed by atoms with Crippen molar-refractivity contribution >= 4 is 22.0 Å². The third kappa shape index (κ3) is 5.50. The van der Waals surface area contributed by atoms with E-state index in [1.54, 1.807) is 10.7 Å². The third-order valence-corrected chi connectivity index (χ3v) is 2.77. The summed E-state index contributed by atoms with van der Waals surface area (Å²) < 4.78 is 7.54. The van der Waals surface area contributed by atoms with Crippen molar-refractivity contribution in [1.82, 2.24) is 15.1 Å². The number of alkyl carbamates (subject to hydrolysis) is 1. The largest absolute Gasteiger partial charge is 0.444 e. The van der Waals surface area contributed by atoms with E-state index in [0.29, 0.717) is 16.8 Å². The lowest BCUT2D eigenvalue weighted by Crippen LogP contribution is -2.48. The number of hydrogen-bond donors (Lipinski definition) is 2. The van der Waals surface area contributed by atoms with Crippen LogP contribution in [-0.4, -0.2) is 32.1 Å². The summed E-state index contributed by atoms with van der Waals surface area (Å²) in [7, 11) is 0. The van der Waals surface area contributed by atoms with Gasteiger partial charge in [-0.15, -0.1) is 0 Å². The number of amides is 1. The fraction of sp³-hybridized carbons (Fsp3) is 0.692. The maximum absolute atomic E-state index is 11.8. The van der Waals surface area contributed by atoms with Gasteiger partial charge in [0.15, 0.2) is 0 Å². The summed E-state index contributed by atoms with van der Waals surface area (Å²) in [6.07, 6.45) is -0.473. The quantitative estimate of drug-likeness (QED) is 0.876. The first-order chi connectivity index (χ1) is 9.02. The normalized spacial score (nSPS) is 12.3. The lowest BCUT2D eigenvalue weighted by atomic mass is 10.1. The second-order valence-corrected chi connectivity index (χ2v) is 7.10. The molecule has 6 nitrogen and oxygen atoms in total. The van der Waals surface area contributed by atoms with Crippen LogP contribution in [0.2, 0.25) is 0 Å². The summed E-state index contributed by atoms with van der Waals surface area (Å²) in [6.45, 7) is 9.49. The highest BCUT2D eigenvalue weighted by Crippen LogP contribution is 2.15. The molecule has 1 heterocycles. The number of aliphatic hydroxyl groups excluding tert-OH is 1. The first-order valence-electron chi connectivity index (χ1n) is 6.37. The Kier molecular flexibility index (Phi) is 5.21. The van der Waals surface area contributed by atoms with Crippen LogP contribution < -0.4 is 5.32 Å². The van der Waals surface area contributed by atoms with Gasteiger partial charge in [0.1, 0.15) is 10.2 Å². The summed E-state index contributed by atoms with van der Waals surface area (Å²) in [6, 6.07) is 1.74. The van der Waals surface area contributed by atoms with E-state index in [1.165, 1.54) is 0 Å². The van der Waals surface area contributed by atoms with Gasteiger partial charge < -0.3 is 15.2 Å². The maximum atomic E-state index is 11.8. The number of ether oxygens (including phenoxy) is 1. The molecule has 114 valence electrons. The second-order valence-electron chi connectivity index (χ2n) is 6.28. The minimum atomic E-state index is -0.558. The van der Waals surface area contributed by atoms with Crippen LogP contribution in [0.25, 0.3) is 0 Å². The maximum Gasteiger partial charge on any atom is 0.408 e. The van der Waals surface area contributed by atoms with Crippen LogP contribution in [0.15, 0.2) is 10.7 Å². The van der Waals surface area contributed by atoms with Crippen LogP contribution in [0.1, 0.15) is 40.3 Å². The van der Waals surface area contributed by atoms with E-state index < -0.39 is 17.2 Å². The molecule has 1 aromatic rings. The van der Waals surface area contributed by atoms with Crippen LogP contribution >= 0.6 is 15.9 Å². The number of aromatic nitrogens is 2. The summed E-state index contributed by atoms with van der Waals surface area (Å²) in [5.41, 5.74) is -0.418. The van der Waals surface area contributed by atoms with Gasteiger partial charge in [-0.1, -0.05) is 0 Å². The number of aliphatic hydroxyl groups is 1. The number of nitrogens with one attached hydrogen (secondary N) is 1. The van der Waals surface area contributed by atoms with Crippen LogP contribution in [0, 0.1) is 0 Å². The molecule has 7 heteroatoms. The molecular formula is C13H22BrN3O3. The molecule has 1 rings (SSSR count). The molecule has 0 bridgehead atoms. The fourth-order valence-electron chi connectivity index (χ4n) is 1.68. The summed E-state index contributed by atoms with van der Waals surface area (Å²) in [5.74, 6) is 0. The zero-order chi connectivity index (χ0) is 15.6. The van der Waals surface area contributed by atoms with Gasteiger partial charge in [0.05, 0.1) is 24.4 Å². The van der Waals surface area contributed by atoms with Gasteiger partial charge in [0, 0.05) is 0 Å². The highest BCUT2D eigenvalue weighted by Gasteiger charge is 2.26. The number of carbonyl (C=O) groups excluding carboxylic acids is 1. The summed E-state index contributed by atoms with van der Waals surface area (Å²) in [5, 5.41) is 16.3. The Morgan fingerprint density at radius 2 is 2.05 bits per heavy atom. The fourth-order valence-corrected chi connectivity index (χ4v) is 2.13. The van der Waals surface area contributed by atoms with Crippen molar-refractivity contribution in [2.45, 2.75) is 58.9 Å². The Balaban J connectivity index is 2.71. The van der Waals surface area contributed by atoms with E-state index >= 15 is 0 Å². The van der Waals surface area contributed by atoms with E-state index in [9.17, 15) is 9.90 Å². The summed E-state index contributed by atoms with van der Waals surface area (Å²) in [4.78, 5) is 11.8. The Morgan fingerprint density at radius 1 is 1.45 bits per heavy atom. The first-order valence-corrected chi connectivity index (χ1v) is 7.16. The molecule has 0 atom stereocenters. The average molecular weight is 348 g/mol. The minimum absolute atomic E-state index is 0.110. The van der Waals surface area contributed by atoms with Crippen LogP contribution in [0.4, 0.5) is 4.79 Å². The number of rotatable bonds is 4. The molecule has 0 radical (unpaired) electrons. The van der Waals surface area contributed by atoms with Gasteiger partial charge in [-0.25, -0.2) is 4.79 Å². The average Bonchev–Trinajstić information content (AvgIpc) is 2.53. The van der Waals surface area contributed by atoms with Gasteiger partial charge in [0.2, 0.25) is 0 Å². The Labute approximate surface area is 127 Å². The Hall–Kier alpha value is -1.08. The molecule has 0 spiro atoms. The number of carbonyl (C=O) groups is 1. The van der Waals surface area contributed by atoms with Crippen molar-refractivity contribution in [1.29, 1.82) is 0 Å². The van der Waals surface area contributed by atoms with E-state index in [2.05, 4.69) is 26.3 Å². The molecule has 2 N–H and O–H groups in total. The molecule has 1 aromatic heterocycles. The van der Waals surface area contributed by atoms with Crippen LogP contribution in [-0.2, 0) is 17.9 Å². The molecule has 0 aliphatic heterocycles. The molecule has 0 aliphatic rings. The van der Waals surface area contributed by atoms with Gasteiger partial charge in [-0.3, -0.25) is 4.68 Å². The van der Waals surface area contributed by atoms with E-state index in [4.69, 9.17) is 4.74 Å². The molecule has 1 amide bonds. The SMILES string of the molecule is CC(C)(Cn1nc(Br)cc1CO)NC(=O)OC(C)(C)C. The van der Waals surface area contributed by atoms with Crippen molar-refractivity contribution < 1.29 is 14.6 Å². The van der Waals surface area contributed by atoms with Crippen LogP contribution in [0.5, 0.6) is 0 Å². The van der Waals surface area contributed by atoms with Crippen molar-refractivity contribution in [3.8, 4) is 0 Å². The number of nitrogens with zero attached hydrogens (tertiary/aromatic N) is 2. The molecule has 0 unspecified atom stereocenters. The zero-order valence-electron chi connectivity index (χ0n) is 12.5. The predicted molar refractivity (Wildman–Crippen MR) is 79.3 cm³/mol. The smallest absolute Gasteiger partial charge is 0.408 e. The second kappa shape index (κ2) is 6.13. The molecule has 0 aromatic carbocycles. The Morgan fingerprint density at radius 3 is 2.55 bits per heavy atom. The van der Waals surface area contributed by atoms with Crippen molar-refractivity contribution in [3.63, 3.8) is 0 Å². The lowest BCUT2D eigenvalue weighted by molar-refractivity contribution is 0.0461. The van der Waals surface area contributed by atoms with E-state index in [1.807, 2.05) is 34.6 Å². The summed E-state index contributed by atoms with van der Waals surface area (Å²) >= 11 is 3.27. The van der Waals surface area contributed by atoms with Crippen molar-refractivity contribution in [2.75, 3.05) is 0 Å². The standard InChI is InChI=1S/C13H22BrN3O3/c1-12(2,3)20-11(19)15-13(4,5)8-17-9(7-18)6-10(14)16-17/h6,18H,7-8H2,1-5H3,(H,15,19). The molecular weight excluding hydrogens is 326 g/mol. The van der Waals surface area contributed by atoms with Gasteiger partial charge in [-0.2, -0.15) is 5.10 Å². The zero-order valence-corrected chi connectivity index (χ0v) is 14.1. The van der Waals surface area contributed by atoms with Crippen molar-refractivity contribution in [3.05, 3.63) is 16.4 Å². The lowest BCUT2D eigenvalue weighted by Gasteiger charge is -2.29. The number of hydrogen-bond acceptors (Lipinski definition) is 4. The van der Waals surface area contributed by atoms with Gasteiger partial charge in [-0.05, 0) is 56.6 Å². The van der Waals surface area contributed by atoms with E-state index in [0.717, 1.165) is 0 Å². The Bertz CT molecular complexity index is 478.